The maximum atomic E-state index is 11.5. The highest BCUT2D eigenvalue weighted by Crippen LogP contribution is 2.43. The van der Waals surface area contributed by atoms with Gasteiger partial charge in [0, 0.05) is 78.2 Å². The molecule has 2 saturated heterocycles. The van der Waals surface area contributed by atoms with Gasteiger partial charge in [0.05, 0.1) is 35.7 Å². The summed E-state index contributed by atoms with van der Waals surface area (Å²) in [6.45, 7) is 6.59. The Balaban J connectivity index is 1.10. The Bertz CT molecular complexity index is 1860. The summed E-state index contributed by atoms with van der Waals surface area (Å²) in [6, 6.07) is 16.2. The molecule has 1 amide bonds. The second-order valence-corrected chi connectivity index (χ2v) is 14.6. The van der Waals surface area contributed by atoms with Crippen LogP contribution in [0.3, 0.4) is 0 Å². The van der Waals surface area contributed by atoms with E-state index in [0.29, 0.717) is 46.8 Å². The van der Waals surface area contributed by atoms with E-state index >= 15 is 0 Å². The predicted octanol–water partition coefficient (Wildman–Crippen LogP) is 6.92. The van der Waals surface area contributed by atoms with Crippen molar-refractivity contribution in [2.75, 3.05) is 46.9 Å². The molecule has 51 heavy (non-hydrogen) atoms. The smallest absolute Gasteiger partial charge is 0.220 e. The van der Waals surface area contributed by atoms with Crippen molar-refractivity contribution in [1.29, 1.82) is 0 Å². The van der Waals surface area contributed by atoms with Gasteiger partial charge in [-0.1, -0.05) is 47.5 Å². The normalized spacial score (nSPS) is 18.0. The van der Waals surface area contributed by atoms with Crippen LogP contribution in [-0.4, -0.2) is 73.8 Å². The molecule has 0 bridgehead atoms. The third-order valence-electron chi connectivity index (χ3n) is 10.6. The first-order valence-corrected chi connectivity index (χ1v) is 18.8. The first-order valence-electron chi connectivity index (χ1n) is 18.0. The fourth-order valence-corrected chi connectivity index (χ4v) is 8.31. The van der Waals surface area contributed by atoms with Crippen LogP contribution in [-0.2, 0) is 24.3 Å². The summed E-state index contributed by atoms with van der Waals surface area (Å²) in [4.78, 5) is 23.7. The third kappa shape index (κ3) is 8.03. The third-order valence-corrected chi connectivity index (χ3v) is 11.4. The quantitative estimate of drug-likeness (QED) is 0.145. The average molecular weight is 730 g/mol. The van der Waals surface area contributed by atoms with Crippen molar-refractivity contribution in [3.05, 3.63) is 81.5 Å². The van der Waals surface area contributed by atoms with Crippen molar-refractivity contribution in [3.8, 4) is 45.3 Å². The van der Waals surface area contributed by atoms with Gasteiger partial charge in [-0.05, 0) is 87.5 Å². The van der Waals surface area contributed by atoms with Gasteiger partial charge in [0.2, 0.25) is 11.8 Å². The highest BCUT2D eigenvalue weighted by molar-refractivity contribution is 6.39. The van der Waals surface area contributed by atoms with Gasteiger partial charge >= 0.3 is 0 Å². The molecule has 9 nitrogen and oxygen atoms in total. The Morgan fingerprint density at radius 3 is 2.57 bits per heavy atom. The van der Waals surface area contributed by atoms with Crippen LogP contribution in [0, 0.1) is 5.92 Å². The van der Waals surface area contributed by atoms with Crippen LogP contribution in [0.15, 0.2) is 54.7 Å². The average Bonchev–Trinajstić information content (AvgIpc) is 3.58. The predicted molar refractivity (Wildman–Crippen MR) is 204 cm³/mol. The van der Waals surface area contributed by atoms with Crippen molar-refractivity contribution in [3.63, 3.8) is 0 Å². The van der Waals surface area contributed by atoms with Crippen molar-refractivity contribution < 1.29 is 14.3 Å². The number of aromatic nitrogens is 2. The topological polar surface area (TPSA) is 101 Å². The minimum absolute atomic E-state index is 0.109. The van der Waals surface area contributed by atoms with Crippen LogP contribution in [0.4, 0.5) is 0 Å². The van der Waals surface area contributed by atoms with Gasteiger partial charge in [-0.25, -0.2) is 4.98 Å². The number of carbonyl (C=O) groups is 1. The summed E-state index contributed by atoms with van der Waals surface area (Å²) in [5, 5.41) is 11.0. The Labute approximate surface area is 310 Å². The molecule has 7 rings (SSSR count). The molecule has 3 aliphatic rings. The number of nitrogens with one attached hydrogen (secondary N) is 3. The lowest BCUT2D eigenvalue weighted by atomic mass is 9.92. The molecule has 2 aromatic heterocycles. The lowest BCUT2D eigenvalue weighted by Gasteiger charge is -2.32. The Hall–Kier alpha value is -3.73. The fourth-order valence-electron chi connectivity index (χ4n) is 7.66. The number of pyridine rings is 2. The van der Waals surface area contributed by atoms with Crippen molar-refractivity contribution >= 4 is 29.1 Å². The summed E-state index contributed by atoms with van der Waals surface area (Å²) in [5.74, 6) is 2.32. The second kappa shape index (κ2) is 16.3. The van der Waals surface area contributed by atoms with E-state index in [0.717, 1.165) is 85.1 Å². The fraction of sp³-hybridized carbons (Fsp3) is 0.425. The number of rotatable bonds is 12. The van der Waals surface area contributed by atoms with Crippen molar-refractivity contribution in [1.82, 2.24) is 30.8 Å². The Morgan fingerprint density at radius 2 is 1.78 bits per heavy atom. The van der Waals surface area contributed by atoms with Crippen LogP contribution in [0.25, 0.3) is 33.6 Å². The van der Waals surface area contributed by atoms with Crippen LogP contribution in [0.2, 0.25) is 10.0 Å². The first kappa shape index (κ1) is 35.7. The molecule has 1 atom stereocenters. The number of ether oxygens (including phenoxy) is 2. The number of hydrogen-bond donors (Lipinski definition) is 3. The van der Waals surface area contributed by atoms with E-state index in [1.165, 1.54) is 30.4 Å². The molecular formula is C40H46Cl2N6O3. The molecule has 0 saturated carbocycles. The SMILES string of the molecule is COc1cc(-c2nccc(-c3cccc(-c4ccc(CNC[C@@H]5CCC(=O)N5)c(OC)n4)c3Cl)c2Cl)cc2c1CN(CCC1CCNCC1)CC2. The minimum Gasteiger partial charge on any atom is -0.496 e. The maximum absolute atomic E-state index is 11.5. The van der Waals surface area contributed by atoms with Crippen LogP contribution < -0.4 is 25.4 Å². The molecule has 0 spiro atoms. The van der Waals surface area contributed by atoms with Gasteiger partial charge in [-0.3, -0.25) is 14.7 Å². The number of amides is 1. The highest BCUT2D eigenvalue weighted by atomic mass is 35.5. The highest BCUT2D eigenvalue weighted by Gasteiger charge is 2.25. The summed E-state index contributed by atoms with van der Waals surface area (Å²) in [7, 11) is 3.36. The number of piperidine rings is 1. The lowest BCUT2D eigenvalue weighted by Crippen LogP contribution is -2.35. The molecule has 0 radical (unpaired) electrons. The van der Waals surface area contributed by atoms with Crippen molar-refractivity contribution in [2.24, 2.45) is 5.92 Å². The van der Waals surface area contributed by atoms with E-state index in [2.05, 4.69) is 33.0 Å². The molecule has 2 fully saturated rings. The summed E-state index contributed by atoms with van der Waals surface area (Å²) >= 11 is 14.3. The number of fused-ring (bicyclic) bond motifs is 1. The number of nitrogens with zero attached hydrogens (tertiary/aromatic N) is 3. The van der Waals surface area contributed by atoms with Crippen molar-refractivity contribution in [2.45, 2.75) is 57.7 Å². The van der Waals surface area contributed by atoms with Crippen LogP contribution >= 0.6 is 23.2 Å². The van der Waals surface area contributed by atoms with E-state index in [9.17, 15) is 4.79 Å². The number of benzene rings is 2. The van der Waals surface area contributed by atoms with E-state index in [1.54, 1.807) is 20.4 Å². The number of hydrogen-bond acceptors (Lipinski definition) is 8. The van der Waals surface area contributed by atoms with E-state index in [-0.39, 0.29) is 11.9 Å². The second-order valence-electron chi connectivity index (χ2n) is 13.8. The van der Waals surface area contributed by atoms with Gasteiger partial charge in [-0.15, -0.1) is 0 Å². The molecular weight excluding hydrogens is 683 g/mol. The maximum Gasteiger partial charge on any atom is 0.220 e. The van der Waals surface area contributed by atoms with E-state index in [4.69, 9.17) is 42.6 Å². The molecule has 0 unspecified atom stereocenters. The molecule has 11 heteroatoms. The lowest BCUT2D eigenvalue weighted by molar-refractivity contribution is -0.119. The zero-order valence-electron chi connectivity index (χ0n) is 29.4. The zero-order chi connectivity index (χ0) is 35.3. The molecule has 3 aliphatic heterocycles. The molecule has 3 N–H and O–H groups in total. The number of carbonyl (C=O) groups excluding carboxylic acids is 1. The van der Waals surface area contributed by atoms with E-state index < -0.39 is 0 Å². The Morgan fingerprint density at radius 1 is 0.961 bits per heavy atom. The number of methoxy groups -OCH3 is 2. The first-order chi connectivity index (χ1) is 24.9. The molecule has 2 aromatic carbocycles. The zero-order valence-corrected chi connectivity index (χ0v) is 30.9. The van der Waals surface area contributed by atoms with Gasteiger partial charge < -0.3 is 25.4 Å². The summed E-state index contributed by atoms with van der Waals surface area (Å²) in [5.41, 5.74) is 8.14. The van der Waals surface area contributed by atoms with Crippen LogP contribution in [0.1, 0.15) is 48.8 Å². The van der Waals surface area contributed by atoms with Gasteiger partial charge in [0.15, 0.2) is 0 Å². The summed E-state index contributed by atoms with van der Waals surface area (Å²) < 4.78 is 11.6. The summed E-state index contributed by atoms with van der Waals surface area (Å²) in [6.07, 6.45) is 7.98. The van der Waals surface area contributed by atoms with Gasteiger partial charge in [0.25, 0.3) is 0 Å². The van der Waals surface area contributed by atoms with Crippen LogP contribution in [0.5, 0.6) is 11.6 Å². The minimum atomic E-state index is 0.109. The molecule has 0 aliphatic carbocycles. The Kier molecular flexibility index (Phi) is 11.4. The molecule has 268 valence electrons. The monoisotopic (exact) mass is 728 g/mol. The van der Waals surface area contributed by atoms with Gasteiger partial charge in [0.1, 0.15) is 5.75 Å². The largest absolute Gasteiger partial charge is 0.496 e. The van der Waals surface area contributed by atoms with Gasteiger partial charge in [-0.2, -0.15) is 0 Å². The molecule has 4 aromatic rings. The molecule has 5 heterocycles. The standard InChI is InChI=1S/C40H46Cl2N6O3/c1-50-35-21-28(20-26-14-19-48(24-33(26)35)18-13-25-10-15-43-16-11-25)39-38(42)31(12-17-45-39)30-4-3-5-32(37(30)41)34-8-6-27(40(47-34)51-2)22-44-23-29-7-9-36(49)46-29/h3-6,8,12,17,20-21,25,29,43-44H,7,9-11,13-16,18-19,22-24H2,1-2H3,(H,46,49)/t29-/m0/s1. The number of halogens is 2. The van der Waals surface area contributed by atoms with E-state index in [1.807, 2.05) is 36.4 Å².